The Hall–Kier alpha value is -1.51. The maximum atomic E-state index is 10.1. The van der Waals surface area contributed by atoms with E-state index in [-0.39, 0.29) is 0 Å². The van der Waals surface area contributed by atoms with E-state index in [1.54, 1.807) is 6.07 Å². The van der Waals surface area contributed by atoms with Crippen LogP contribution in [0.15, 0.2) is 48.5 Å². The van der Waals surface area contributed by atoms with Gasteiger partial charge in [0.1, 0.15) is 0 Å². The highest BCUT2D eigenvalue weighted by Gasteiger charge is 2.11. The van der Waals surface area contributed by atoms with Crippen molar-refractivity contribution < 1.29 is 5.11 Å². The maximum absolute atomic E-state index is 10.1. The lowest BCUT2D eigenvalue weighted by molar-refractivity contribution is 0.179. The Kier molecular flexibility index (Phi) is 3.67. The number of para-hydroxylation sites is 1. The zero-order valence-electron chi connectivity index (χ0n) is 9.31. The van der Waals surface area contributed by atoms with Crippen molar-refractivity contribution in [3.8, 4) is 0 Å². The van der Waals surface area contributed by atoms with Gasteiger partial charge in [0.05, 0.1) is 6.10 Å². The second-order valence-electron chi connectivity index (χ2n) is 3.98. The van der Waals surface area contributed by atoms with E-state index in [2.05, 4.69) is 0 Å². The van der Waals surface area contributed by atoms with Crippen molar-refractivity contribution in [3.63, 3.8) is 0 Å². The van der Waals surface area contributed by atoms with Gasteiger partial charge >= 0.3 is 0 Å². The van der Waals surface area contributed by atoms with Crippen molar-refractivity contribution >= 4 is 17.3 Å². The van der Waals surface area contributed by atoms with Crippen LogP contribution in [-0.4, -0.2) is 5.11 Å². The minimum atomic E-state index is -0.602. The average Bonchev–Trinajstić information content (AvgIpc) is 2.29. The van der Waals surface area contributed by atoms with Crippen LogP contribution in [0.5, 0.6) is 0 Å². The summed E-state index contributed by atoms with van der Waals surface area (Å²) in [4.78, 5) is 0. The van der Waals surface area contributed by atoms with E-state index in [1.807, 2.05) is 42.5 Å². The first kappa shape index (κ1) is 12.0. The summed E-state index contributed by atoms with van der Waals surface area (Å²) < 4.78 is 0. The summed E-state index contributed by atoms with van der Waals surface area (Å²) in [5.41, 5.74) is 8.18. The van der Waals surface area contributed by atoms with Gasteiger partial charge in [-0.3, -0.25) is 0 Å². The SMILES string of the molecule is Nc1ccccc1C(O)Cc1cccc(Cl)c1. The molecule has 0 aliphatic carbocycles. The smallest absolute Gasteiger partial charge is 0.0850 e. The Morgan fingerprint density at radius 2 is 1.88 bits per heavy atom. The molecular formula is C14H14ClNO. The lowest BCUT2D eigenvalue weighted by Gasteiger charge is -2.13. The number of aliphatic hydroxyl groups excluding tert-OH is 1. The number of nitrogens with two attached hydrogens (primary N) is 1. The van der Waals surface area contributed by atoms with Gasteiger partial charge in [0, 0.05) is 22.7 Å². The van der Waals surface area contributed by atoms with E-state index in [4.69, 9.17) is 17.3 Å². The van der Waals surface area contributed by atoms with Crippen LogP contribution in [-0.2, 0) is 6.42 Å². The molecular weight excluding hydrogens is 234 g/mol. The summed E-state index contributed by atoms with van der Waals surface area (Å²) in [5, 5.41) is 10.8. The van der Waals surface area contributed by atoms with Gasteiger partial charge in [-0.2, -0.15) is 0 Å². The third-order valence-corrected chi connectivity index (χ3v) is 2.91. The second-order valence-corrected chi connectivity index (χ2v) is 4.42. The summed E-state index contributed by atoms with van der Waals surface area (Å²) in [5.74, 6) is 0. The highest BCUT2D eigenvalue weighted by molar-refractivity contribution is 6.30. The first-order chi connectivity index (χ1) is 8.16. The van der Waals surface area contributed by atoms with Gasteiger partial charge in [0.2, 0.25) is 0 Å². The first-order valence-electron chi connectivity index (χ1n) is 5.44. The molecule has 2 rings (SSSR count). The van der Waals surface area contributed by atoms with Crippen LogP contribution in [0.2, 0.25) is 5.02 Å². The van der Waals surface area contributed by atoms with Crippen molar-refractivity contribution in [3.05, 3.63) is 64.7 Å². The number of nitrogen functional groups attached to an aromatic ring is 1. The molecule has 0 aromatic heterocycles. The van der Waals surface area contributed by atoms with Gasteiger partial charge < -0.3 is 10.8 Å². The summed E-state index contributed by atoms with van der Waals surface area (Å²) in [7, 11) is 0. The van der Waals surface area contributed by atoms with Gasteiger partial charge in [-0.1, -0.05) is 41.9 Å². The van der Waals surface area contributed by atoms with Crippen LogP contribution >= 0.6 is 11.6 Å². The molecule has 1 atom stereocenters. The highest BCUT2D eigenvalue weighted by atomic mass is 35.5. The number of aliphatic hydroxyl groups is 1. The molecule has 0 saturated heterocycles. The molecule has 17 heavy (non-hydrogen) atoms. The van der Waals surface area contributed by atoms with E-state index in [0.717, 1.165) is 11.1 Å². The Morgan fingerprint density at radius 3 is 2.59 bits per heavy atom. The van der Waals surface area contributed by atoms with E-state index >= 15 is 0 Å². The van der Waals surface area contributed by atoms with Crippen molar-refractivity contribution in [2.75, 3.05) is 5.73 Å². The number of rotatable bonds is 3. The van der Waals surface area contributed by atoms with Crippen LogP contribution in [0.3, 0.4) is 0 Å². The fraction of sp³-hybridized carbons (Fsp3) is 0.143. The summed E-state index contributed by atoms with van der Waals surface area (Å²) >= 11 is 5.90. The van der Waals surface area contributed by atoms with Gasteiger partial charge in [0.25, 0.3) is 0 Å². The molecule has 2 aromatic carbocycles. The number of benzene rings is 2. The Labute approximate surface area is 106 Å². The molecule has 0 fully saturated rings. The largest absolute Gasteiger partial charge is 0.398 e. The maximum Gasteiger partial charge on any atom is 0.0850 e. The Morgan fingerprint density at radius 1 is 1.12 bits per heavy atom. The molecule has 88 valence electrons. The summed E-state index contributed by atoms with van der Waals surface area (Å²) in [6.45, 7) is 0. The average molecular weight is 248 g/mol. The molecule has 0 amide bonds. The zero-order valence-corrected chi connectivity index (χ0v) is 10.1. The van der Waals surface area contributed by atoms with E-state index in [9.17, 15) is 5.11 Å². The lowest BCUT2D eigenvalue weighted by atomic mass is 10.0. The Bertz CT molecular complexity index is 513. The fourth-order valence-corrected chi connectivity index (χ4v) is 2.02. The van der Waals surface area contributed by atoms with Crippen LogP contribution in [0, 0.1) is 0 Å². The summed E-state index contributed by atoms with van der Waals surface area (Å²) in [6.07, 6.45) is -0.0935. The van der Waals surface area contributed by atoms with E-state index in [1.165, 1.54) is 0 Å². The molecule has 0 saturated carbocycles. The minimum absolute atomic E-state index is 0.509. The number of anilines is 1. The fourth-order valence-electron chi connectivity index (χ4n) is 1.81. The predicted molar refractivity (Wildman–Crippen MR) is 71.0 cm³/mol. The molecule has 0 spiro atoms. The van der Waals surface area contributed by atoms with Crippen molar-refractivity contribution in [1.82, 2.24) is 0 Å². The number of halogens is 1. The second kappa shape index (κ2) is 5.21. The molecule has 3 N–H and O–H groups in total. The van der Waals surface area contributed by atoms with Crippen LogP contribution in [0.4, 0.5) is 5.69 Å². The minimum Gasteiger partial charge on any atom is -0.398 e. The highest BCUT2D eigenvalue weighted by Crippen LogP contribution is 2.24. The molecule has 2 nitrogen and oxygen atoms in total. The number of hydrogen-bond acceptors (Lipinski definition) is 2. The quantitative estimate of drug-likeness (QED) is 0.819. The van der Waals surface area contributed by atoms with E-state index in [0.29, 0.717) is 17.1 Å². The molecule has 3 heteroatoms. The monoisotopic (exact) mass is 247 g/mol. The van der Waals surface area contributed by atoms with Crippen molar-refractivity contribution in [1.29, 1.82) is 0 Å². The van der Waals surface area contributed by atoms with Gasteiger partial charge in [-0.05, 0) is 23.8 Å². The number of hydrogen-bond donors (Lipinski definition) is 2. The molecule has 0 aliphatic heterocycles. The molecule has 1 unspecified atom stereocenters. The topological polar surface area (TPSA) is 46.2 Å². The van der Waals surface area contributed by atoms with Crippen LogP contribution in [0.1, 0.15) is 17.2 Å². The third kappa shape index (κ3) is 2.99. The van der Waals surface area contributed by atoms with E-state index < -0.39 is 6.10 Å². The molecule has 0 heterocycles. The molecule has 0 radical (unpaired) electrons. The van der Waals surface area contributed by atoms with Crippen molar-refractivity contribution in [2.45, 2.75) is 12.5 Å². The van der Waals surface area contributed by atoms with Gasteiger partial charge in [-0.15, -0.1) is 0 Å². The standard InChI is InChI=1S/C14H14ClNO/c15-11-5-3-4-10(8-11)9-14(17)12-6-1-2-7-13(12)16/h1-8,14,17H,9,16H2. The molecule has 0 aliphatic rings. The zero-order chi connectivity index (χ0) is 12.3. The van der Waals surface area contributed by atoms with Crippen molar-refractivity contribution in [2.24, 2.45) is 0 Å². The first-order valence-corrected chi connectivity index (χ1v) is 5.81. The lowest BCUT2D eigenvalue weighted by Crippen LogP contribution is -2.05. The summed E-state index contributed by atoms with van der Waals surface area (Å²) in [6, 6.07) is 14.8. The molecule has 2 aromatic rings. The van der Waals surface area contributed by atoms with Crippen LogP contribution < -0.4 is 5.73 Å². The van der Waals surface area contributed by atoms with Gasteiger partial charge in [0.15, 0.2) is 0 Å². The van der Waals surface area contributed by atoms with Gasteiger partial charge in [-0.25, -0.2) is 0 Å². The predicted octanol–water partition coefficient (Wildman–Crippen LogP) is 3.20. The molecule has 0 bridgehead atoms. The van der Waals surface area contributed by atoms with Crippen LogP contribution in [0.25, 0.3) is 0 Å². The normalized spacial score (nSPS) is 12.4. The Balaban J connectivity index is 2.17. The third-order valence-electron chi connectivity index (χ3n) is 2.67.